The van der Waals surface area contributed by atoms with Crippen LogP contribution in [0.25, 0.3) is 0 Å². The molecule has 1 unspecified atom stereocenters. The number of nitrogens with zero attached hydrogens (tertiary/aromatic N) is 3. The number of rotatable bonds is 1. The molecule has 4 rings (SSSR count). The number of fused-ring (bicyclic) bond motifs is 3. The molecule has 2 saturated heterocycles. The molecule has 3 aliphatic rings. The van der Waals surface area contributed by atoms with Gasteiger partial charge in [-0.2, -0.15) is 5.10 Å². The van der Waals surface area contributed by atoms with Crippen LogP contribution in [0, 0.1) is 0 Å². The fraction of sp³-hybridized carbons (Fsp3) is 0.765. The minimum atomic E-state index is -0.236. The number of aliphatic hydroxyl groups excluding tert-OH is 1. The Labute approximate surface area is 131 Å². The number of carbonyl (C=O) groups is 1. The molecule has 120 valence electrons. The molecule has 1 amide bonds. The molecule has 3 heterocycles. The molecule has 0 spiro atoms. The quantitative estimate of drug-likeness (QED) is 0.861. The van der Waals surface area contributed by atoms with Crippen LogP contribution in [0.2, 0.25) is 0 Å². The fourth-order valence-corrected chi connectivity index (χ4v) is 4.76. The highest BCUT2D eigenvalue weighted by molar-refractivity contribution is 5.95. The normalized spacial score (nSPS) is 31.0. The monoisotopic (exact) mass is 303 g/mol. The van der Waals surface area contributed by atoms with Gasteiger partial charge in [0, 0.05) is 24.7 Å². The summed E-state index contributed by atoms with van der Waals surface area (Å²) in [6, 6.07) is 0.424. The van der Waals surface area contributed by atoms with Gasteiger partial charge in [-0.3, -0.25) is 9.48 Å². The molecule has 2 aliphatic heterocycles. The van der Waals surface area contributed by atoms with Crippen molar-refractivity contribution in [1.82, 2.24) is 14.7 Å². The molecule has 1 aromatic rings. The number of aliphatic hydroxyl groups is 1. The van der Waals surface area contributed by atoms with Crippen molar-refractivity contribution in [2.45, 2.75) is 76.0 Å². The summed E-state index contributed by atoms with van der Waals surface area (Å²) in [4.78, 5) is 15.3. The lowest BCUT2D eigenvalue weighted by Crippen LogP contribution is -2.56. The summed E-state index contributed by atoms with van der Waals surface area (Å²) in [5, 5.41) is 14.6. The van der Waals surface area contributed by atoms with Crippen LogP contribution >= 0.6 is 0 Å². The Balaban J connectivity index is 1.68. The van der Waals surface area contributed by atoms with Crippen molar-refractivity contribution < 1.29 is 9.90 Å². The number of piperidine rings is 2. The summed E-state index contributed by atoms with van der Waals surface area (Å²) < 4.78 is 1.80. The Morgan fingerprint density at radius 2 is 1.82 bits per heavy atom. The zero-order valence-electron chi connectivity index (χ0n) is 13.3. The van der Waals surface area contributed by atoms with E-state index in [9.17, 15) is 9.90 Å². The SMILES string of the molecule is Cn1nc2c(c1C(=O)N1[C@@H]3CCC[C@H]1CC(O)C3)CCCC2. The van der Waals surface area contributed by atoms with Crippen LogP contribution in [-0.2, 0) is 19.9 Å². The summed E-state index contributed by atoms with van der Waals surface area (Å²) >= 11 is 0. The van der Waals surface area contributed by atoms with Crippen molar-refractivity contribution >= 4 is 5.91 Å². The van der Waals surface area contributed by atoms with E-state index in [1.165, 1.54) is 18.4 Å². The van der Waals surface area contributed by atoms with Crippen LogP contribution in [0.5, 0.6) is 0 Å². The first-order valence-electron chi connectivity index (χ1n) is 8.70. The molecule has 1 aliphatic carbocycles. The second-order valence-corrected chi connectivity index (χ2v) is 7.18. The second-order valence-electron chi connectivity index (χ2n) is 7.18. The molecule has 2 fully saturated rings. The number of amides is 1. The molecule has 0 saturated carbocycles. The first kappa shape index (κ1) is 14.2. The summed E-state index contributed by atoms with van der Waals surface area (Å²) in [6.07, 6.45) is 8.79. The van der Waals surface area contributed by atoms with Crippen molar-refractivity contribution in [3.8, 4) is 0 Å². The standard InChI is InChI=1S/C17H25N3O2/c1-19-16(14-7-2-3-8-15(14)18-19)17(22)20-11-5-4-6-12(20)10-13(21)9-11/h11-13,21H,2-10H2,1H3/t11-,12+,13?. The first-order chi connectivity index (χ1) is 10.6. The van der Waals surface area contributed by atoms with Gasteiger partial charge in [0.2, 0.25) is 0 Å². The van der Waals surface area contributed by atoms with Gasteiger partial charge in [0.05, 0.1) is 11.8 Å². The molecule has 0 aromatic carbocycles. The lowest BCUT2D eigenvalue weighted by Gasteiger charge is -2.47. The van der Waals surface area contributed by atoms with E-state index < -0.39 is 0 Å². The lowest BCUT2D eigenvalue weighted by atomic mass is 9.82. The van der Waals surface area contributed by atoms with Gasteiger partial charge in [-0.05, 0) is 57.8 Å². The molecule has 0 radical (unpaired) electrons. The molecule has 5 heteroatoms. The Morgan fingerprint density at radius 3 is 2.55 bits per heavy atom. The molecule has 3 atom stereocenters. The fourth-order valence-electron chi connectivity index (χ4n) is 4.76. The third-order valence-electron chi connectivity index (χ3n) is 5.71. The molecule has 1 N–H and O–H groups in total. The van der Waals surface area contributed by atoms with E-state index in [1.54, 1.807) is 4.68 Å². The Kier molecular flexibility index (Phi) is 3.48. The van der Waals surface area contributed by atoms with E-state index in [2.05, 4.69) is 10.00 Å². The topological polar surface area (TPSA) is 58.4 Å². The molecular formula is C17H25N3O2. The predicted molar refractivity (Wildman–Crippen MR) is 82.7 cm³/mol. The molecule has 22 heavy (non-hydrogen) atoms. The first-order valence-corrected chi connectivity index (χ1v) is 8.70. The maximum atomic E-state index is 13.3. The Hall–Kier alpha value is -1.36. The second kappa shape index (κ2) is 5.37. The van der Waals surface area contributed by atoms with Crippen molar-refractivity contribution in [2.75, 3.05) is 0 Å². The number of hydrogen-bond donors (Lipinski definition) is 1. The largest absolute Gasteiger partial charge is 0.393 e. The summed E-state index contributed by atoms with van der Waals surface area (Å²) in [7, 11) is 1.90. The van der Waals surface area contributed by atoms with Crippen LogP contribution in [0.15, 0.2) is 0 Å². The highest BCUT2D eigenvalue weighted by Crippen LogP contribution is 2.36. The van der Waals surface area contributed by atoms with Gasteiger partial charge in [-0.25, -0.2) is 0 Å². The molecule has 2 bridgehead atoms. The number of hydrogen-bond acceptors (Lipinski definition) is 3. The van der Waals surface area contributed by atoms with Gasteiger partial charge >= 0.3 is 0 Å². The summed E-state index contributed by atoms with van der Waals surface area (Å²) in [5.41, 5.74) is 3.12. The van der Waals surface area contributed by atoms with Crippen molar-refractivity contribution in [2.24, 2.45) is 7.05 Å². The number of aryl methyl sites for hydroxylation is 2. The number of aromatic nitrogens is 2. The highest BCUT2D eigenvalue weighted by Gasteiger charge is 2.42. The summed E-state index contributed by atoms with van der Waals surface area (Å²) in [5.74, 6) is 0.153. The average Bonchev–Trinajstić information content (AvgIpc) is 2.81. The van der Waals surface area contributed by atoms with Gasteiger partial charge in [-0.15, -0.1) is 0 Å². The lowest BCUT2D eigenvalue weighted by molar-refractivity contribution is -0.0157. The molecule has 5 nitrogen and oxygen atoms in total. The third kappa shape index (κ3) is 2.18. The highest BCUT2D eigenvalue weighted by atomic mass is 16.3. The minimum Gasteiger partial charge on any atom is -0.393 e. The van der Waals surface area contributed by atoms with Gasteiger partial charge < -0.3 is 10.0 Å². The summed E-state index contributed by atoms with van der Waals surface area (Å²) in [6.45, 7) is 0. The van der Waals surface area contributed by atoms with Crippen molar-refractivity contribution in [3.05, 3.63) is 17.0 Å². The van der Waals surface area contributed by atoms with Crippen LogP contribution in [0.3, 0.4) is 0 Å². The van der Waals surface area contributed by atoms with Crippen LogP contribution in [0.1, 0.15) is 66.7 Å². The maximum Gasteiger partial charge on any atom is 0.272 e. The average molecular weight is 303 g/mol. The third-order valence-corrected chi connectivity index (χ3v) is 5.71. The number of carbonyl (C=O) groups excluding carboxylic acids is 1. The molecule has 1 aromatic heterocycles. The van der Waals surface area contributed by atoms with Crippen molar-refractivity contribution in [1.29, 1.82) is 0 Å². The van der Waals surface area contributed by atoms with Gasteiger partial charge in [0.15, 0.2) is 0 Å². The van der Waals surface area contributed by atoms with Crippen LogP contribution in [-0.4, -0.2) is 43.9 Å². The van der Waals surface area contributed by atoms with Gasteiger partial charge in [-0.1, -0.05) is 0 Å². The zero-order chi connectivity index (χ0) is 15.3. The maximum absolute atomic E-state index is 13.3. The zero-order valence-corrected chi connectivity index (χ0v) is 13.3. The van der Waals surface area contributed by atoms with Gasteiger partial charge in [0.1, 0.15) is 5.69 Å². The Bertz CT molecular complexity index is 581. The minimum absolute atomic E-state index is 0.153. The van der Waals surface area contributed by atoms with E-state index in [0.717, 1.165) is 56.3 Å². The molecular weight excluding hydrogens is 278 g/mol. The van der Waals surface area contributed by atoms with Crippen LogP contribution in [0.4, 0.5) is 0 Å². The van der Waals surface area contributed by atoms with E-state index in [1.807, 2.05) is 7.05 Å². The van der Waals surface area contributed by atoms with Gasteiger partial charge in [0.25, 0.3) is 5.91 Å². The van der Waals surface area contributed by atoms with Crippen LogP contribution < -0.4 is 0 Å². The predicted octanol–water partition coefficient (Wildman–Crippen LogP) is 1.82. The smallest absolute Gasteiger partial charge is 0.272 e. The Morgan fingerprint density at radius 1 is 1.14 bits per heavy atom. The van der Waals surface area contributed by atoms with E-state index in [4.69, 9.17) is 0 Å². The van der Waals surface area contributed by atoms with Crippen molar-refractivity contribution in [3.63, 3.8) is 0 Å². The van der Waals surface area contributed by atoms with E-state index in [0.29, 0.717) is 0 Å². The van der Waals surface area contributed by atoms with E-state index >= 15 is 0 Å². The van der Waals surface area contributed by atoms with E-state index in [-0.39, 0.29) is 24.1 Å².